The maximum Gasteiger partial charge on any atom is 0.335 e. The van der Waals surface area contributed by atoms with E-state index in [1.165, 1.54) is 25.1 Å². The zero-order chi connectivity index (χ0) is 11.4. The summed E-state index contributed by atoms with van der Waals surface area (Å²) in [6, 6.07) is 4.03. The monoisotopic (exact) mass is 206 g/mol. The first-order valence-electron chi connectivity index (χ1n) is 4.23. The molecule has 0 saturated heterocycles. The highest BCUT2D eigenvalue weighted by molar-refractivity contribution is 5.97. The number of Topliss-reactive ketones (excluding diaryl/α,β-unsaturated/α-hetero) is 1. The average Bonchev–Trinajstić information content (AvgIpc) is 2.17. The van der Waals surface area contributed by atoms with Crippen molar-refractivity contribution in [3.8, 4) is 11.5 Å². The van der Waals surface area contributed by atoms with Crippen LogP contribution in [0.1, 0.15) is 17.3 Å². The van der Waals surface area contributed by atoms with Gasteiger partial charge in [-0.25, -0.2) is 4.79 Å². The van der Waals surface area contributed by atoms with E-state index in [1.807, 2.05) is 0 Å². The lowest BCUT2D eigenvalue weighted by atomic mass is 10.1. The summed E-state index contributed by atoms with van der Waals surface area (Å²) in [7, 11) is 0. The number of aromatic hydroxyl groups is 1. The highest BCUT2D eigenvalue weighted by Crippen LogP contribution is 2.23. The number of carbonyl (C=O) groups excluding carboxylic acids is 2. The second-order valence-corrected chi connectivity index (χ2v) is 2.86. The number of ketones is 1. The number of esters is 1. The molecule has 15 heavy (non-hydrogen) atoms. The molecule has 1 rings (SSSR count). The van der Waals surface area contributed by atoms with E-state index in [0.29, 0.717) is 0 Å². The summed E-state index contributed by atoms with van der Waals surface area (Å²) < 4.78 is 4.75. The Morgan fingerprint density at radius 2 is 2.13 bits per heavy atom. The number of carbonyl (C=O) groups is 2. The SMILES string of the molecule is C=CC(=O)Oc1ccc(C(C)=O)c(O)c1. The van der Waals surface area contributed by atoms with E-state index in [-0.39, 0.29) is 22.8 Å². The van der Waals surface area contributed by atoms with Gasteiger partial charge in [0.25, 0.3) is 0 Å². The van der Waals surface area contributed by atoms with Gasteiger partial charge < -0.3 is 9.84 Å². The van der Waals surface area contributed by atoms with Gasteiger partial charge in [0.05, 0.1) is 5.56 Å². The van der Waals surface area contributed by atoms with Crippen LogP contribution < -0.4 is 4.74 Å². The molecule has 0 atom stereocenters. The molecule has 1 N–H and O–H groups in total. The van der Waals surface area contributed by atoms with Crippen LogP contribution in [-0.2, 0) is 4.79 Å². The number of phenols is 1. The number of benzene rings is 1. The molecule has 0 heterocycles. The average molecular weight is 206 g/mol. The summed E-state index contributed by atoms with van der Waals surface area (Å²) in [6.45, 7) is 4.57. The third kappa shape index (κ3) is 2.67. The van der Waals surface area contributed by atoms with Crippen LogP contribution in [0.4, 0.5) is 0 Å². The highest BCUT2D eigenvalue weighted by Gasteiger charge is 2.08. The number of phenolic OH excluding ortho intramolecular Hbond substituents is 1. The predicted molar refractivity (Wildman–Crippen MR) is 53.9 cm³/mol. The number of rotatable bonds is 3. The first kappa shape index (κ1) is 11.0. The van der Waals surface area contributed by atoms with Crippen molar-refractivity contribution in [2.45, 2.75) is 6.92 Å². The van der Waals surface area contributed by atoms with Gasteiger partial charge in [0.2, 0.25) is 0 Å². The molecule has 4 heteroatoms. The Hall–Kier alpha value is -2.10. The van der Waals surface area contributed by atoms with Gasteiger partial charge in [-0.05, 0) is 19.1 Å². The van der Waals surface area contributed by atoms with Gasteiger partial charge in [0.15, 0.2) is 5.78 Å². The van der Waals surface area contributed by atoms with Crippen molar-refractivity contribution in [1.82, 2.24) is 0 Å². The zero-order valence-corrected chi connectivity index (χ0v) is 8.19. The Kier molecular flexibility index (Phi) is 3.23. The Morgan fingerprint density at radius 1 is 1.47 bits per heavy atom. The van der Waals surface area contributed by atoms with Crippen LogP contribution in [0.15, 0.2) is 30.9 Å². The summed E-state index contributed by atoms with van der Waals surface area (Å²) >= 11 is 0. The highest BCUT2D eigenvalue weighted by atomic mass is 16.5. The topological polar surface area (TPSA) is 63.6 Å². The molecule has 1 aromatic carbocycles. The molecule has 0 unspecified atom stereocenters. The van der Waals surface area contributed by atoms with Crippen molar-refractivity contribution < 1.29 is 19.4 Å². The van der Waals surface area contributed by atoms with Gasteiger partial charge in [0.1, 0.15) is 11.5 Å². The Labute approximate surface area is 86.8 Å². The molecule has 4 nitrogen and oxygen atoms in total. The van der Waals surface area contributed by atoms with Crippen LogP contribution in [0.5, 0.6) is 11.5 Å². The van der Waals surface area contributed by atoms with Gasteiger partial charge in [0, 0.05) is 12.1 Å². The fourth-order valence-corrected chi connectivity index (χ4v) is 1.03. The summed E-state index contributed by atoms with van der Waals surface area (Å²) in [4.78, 5) is 21.8. The second-order valence-electron chi connectivity index (χ2n) is 2.86. The molecule has 78 valence electrons. The molecule has 0 radical (unpaired) electrons. The van der Waals surface area contributed by atoms with Crippen molar-refractivity contribution in [1.29, 1.82) is 0 Å². The molecule has 0 fully saturated rings. The fraction of sp³-hybridized carbons (Fsp3) is 0.0909. The van der Waals surface area contributed by atoms with E-state index in [9.17, 15) is 14.7 Å². The summed E-state index contributed by atoms with van der Waals surface area (Å²) in [5, 5.41) is 9.41. The minimum Gasteiger partial charge on any atom is -0.507 e. The minimum atomic E-state index is -0.620. The quantitative estimate of drug-likeness (QED) is 0.354. The predicted octanol–water partition coefficient (Wildman–Crippen LogP) is 1.69. The van der Waals surface area contributed by atoms with Crippen LogP contribution >= 0.6 is 0 Å². The molecule has 0 saturated carbocycles. The first-order chi connectivity index (χ1) is 7.04. The van der Waals surface area contributed by atoms with Crippen LogP contribution in [0.25, 0.3) is 0 Å². The van der Waals surface area contributed by atoms with Crippen LogP contribution in [0, 0.1) is 0 Å². The van der Waals surface area contributed by atoms with Gasteiger partial charge in [-0.15, -0.1) is 0 Å². The molecule has 0 bridgehead atoms. The van der Waals surface area contributed by atoms with Gasteiger partial charge in [-0.1, -0.05) is 6.58 Å². The van der Waals surface area contributed by atoms with E-state index < -0.39 is 5.97 Å². The van der Waals surface area contributed by atoms with Crippen molar-refractivity contribution in [2.75, 3.05) is 0 Å². The standard InChI is InChI=1S/C11H10O4/c1-3-11(14)15-8-4-5-9(7(2)12)10(13)6-8/h3-6,13H,1H2,2H3. The summed E-state index contributed by atoms with van der Waals surface area (Å²) in [5.74, 6) is -0.918. The molecule has 1 aromatic rings. The maximum absolute atomic E-state index is 11.0. The van der Waals surface area contributed by atoms with Crippen molar-refractivity contribution >= 4 is 11.8 Å². The lowest BCUT2D eigenvalue weighted by Crippen LogP contribution is -2.03. The van der Waals surface area contributed by atoms with E-state index in [0.717, 1.165) is 6.08 Å². The Bertz CT molecular complexity index is 421. The zero-order valence-electron chi connectivity index (χ0n) is 8.19. The van der Waals surface area contributed by atoms with Gasteiger partial charge in [-0.2, -0.15) is 0 Å². The van der Waals surface area contributed by atoms with Crippen LogP contribution in [0.3, 0.4) is 0 Å². The van der Waals surface area contributed by atoms with E-state index >= 15 is 0 Å². The Balaban J connectivity index is 2.96. The number of hydrogen-bond acceptors (Lipinski definition) is 4. The first-order valence-corrected chi connectivity index (χ1v) is 4.23. The fourth-order valence-electron chi connectivity index (χ4n) is 1.03. The molecule has 0 aliphatic rings. The minimum absolute atomic E-state index is 0.169. The second kappa shape index (κ2) is 4.41. The van der Waals surface area contributed by atoms with Crippen LogP contribution in [0.2, 0.25) is 0 Å². The van der Waals surface area contributed by atoms with E-state index in [4.69, 9.17) is 4.74 Å². The number of hydrogen-bond donors (Lipinski definition) is 1. The third-order valence-electron chi connectivity index (χ3n) is 1.73. The van der Waals surface area contributed by atoms with Crippen molar-refractivity contribution in [3.05, 3.63) is 36.4 Å². The van der Waals surface area contributed by atoms with Crippen molar-refractivity contribution in [2.24, 2.45) is 0 Å². The molecule has 0 amide bonds. The number of ether oxygens (including phenoxy) is 1. The van der Waals surface area contributed by atoms with E-state index in [1.54, 1.807) is 0 Å². The van der Waals surface area contributed by atoms with Crippen LogP contribution in [-0.4, -0.2) is 16.9 Å². The molecule has 0 spiro atoms. The molecular formula is C11H10O4. The summed E-state index contributed by atoms with van der Waals surface area (Å²) in [6.07, 6.45) is 1.01. The lowest BCUT2D eigenvalue weighted by molar-refractivity contribution is -0.128. The molecule has 0 aromatic heterocycles. The maximum atomic E-state index is 11.0. The van der Waals surface area contributed by atoms with Crippen molar-refractivity contribution in [3.63, 3.8) is 0 Å². The van der Waals surface area contributed by atoms with E-state index in [2.05, 4.69) is 6.58 Å². The van der Waals surface area contributed by atoms with Gasteiger partial charge in [-0.3, -0.25) is 4.79 Å². The largest absolute Gasteiger partial charge is 0.507 e. The Morgan fingerprint density at radius 3 is 2.60 bits per heavy atom. The molecule has 0 aliphatic carbocycles. The van der Waals surface area contributed by atoms with Gasteiger partial charge >= 0.3 is 5.97 Å². The lowest BCUT2D eigenvalue weighted by Gasteiger charge is -2.04. The third-order valence-corrected chi connectivity index (χ3v) is 1.73. The summed E-state index contributed by atoms with van der Waals surface area (Å²) in [5.41, 5.74) is 0.188. The molecular weight excluding hydrogens is 196 g/mol. The molecule has 0 aliphatic heterocycles. The smallest absolute Gasteiger partial charge is 0.335 e. The normalized spacial score (nSPS) is 9.40.